The molecule has 1 aliphatic rings. The van der Waals surface area contributed by atoms with Crippen LogP contribution in [0.1, 0.15) is 5.56 Å². The summed E-state index contributed by atoms with van der Waals surface area (Å²) in [4.78, 5) is 12.1. The molecule has 0 fully saturated rings. The lowest BCUT2D eigenvalue weighted by molar-refractivity contribution is -0.116. The van der Waals surface area contributed by atoms with Crippen molar-refractivity contribution in [2.24, 2.45) is 0 Å². The van der Waals surface area contributed by atoms with Gasteiger partial charge in [-0.25, -0.2) is 0 Å². The minimum Gasteiger partial charge on any atom is -0.373 e. The molecule has 0 radical (unpaired) electrons. The second-order valence-corrected chi connectivity index (χ2v) is 4.68. The van der Waals surface area contributed by atoms with Gasteiger partial charge >= 0.3 is 0 Å². The van der Waals surface area contributed by atoms with Gasteiger partial charge in [0, 0.05) is 12.1 Å². The maximum atomic E-state index is 12.1. The van der Waals surface area contributed by atoms with Crippen molar-refractivity contribution in [1.82, 2.24) is 10.2 Å². The summed E-state index contributed by atoms with van der Waals surface area (Å²) in [5, 5.41) is 13.7. The van der Waals surface area contributed by atoms with Gasteiger partial charge in [0.2, 0.25) is 5.91 Å². The maximum absolute atomic E-state index is 12.1. The number of benzene rings is 1. The molecule has 2 N–H and O–H groups in total. The fraction of sp³-hybridized carbons (Fsp3) is 0.154. The number of carbonyl (C=O) groups is 1. The summed E-state index contributed by atoms with van der Waals surface area (Å²) in [5.74, 6) is 0.264. The van der Waals surface area contributed by atoms with Crippen molar-refractivity contribution in [1.29, 1.82) is 0 Å². The number of nitrogens with one attached hydrogen (secondary N) is 2. The van der Waals surface area contributed by atoms with E-state index in [4.69, 9.17) is 11.6 Å². The van der Waals surface area contributed by atoms with E-state index in [1.54, 1.807) is 12.1 Å². The molecule has 1 aliphatic heterocycles. The number of fused-ring (bicyclic) bond motifs is 1. The fourth-order valence-electron chi connectivity index (χ4n) is 2.05. The molecule has 5 nitrogen and oxygen atoms in total. The summed E-state index contributed by atoms with van der Waals surface area (Å²) in [5.41, 5.74) is 2.15. The van der Waals surface area contributed by atoms with Crippen LogP contribution in [0.2, 0.25) is 5.15 Å². The first-order valence-electron chi connectivity index (χ1n) is 5.87. The third-order valence-electron chi connectivity index (χ3n) is 2.97. The lowest BCUT2D eigenvalue weighted by Gasteiger charge is -2.10. The van der Waals surface area contributed by atoms with E-state index >= 15 is 0 Å². The van der Waals surface area contributed by atoms with E-state index in [1.165, 1.54) is 0 Å². The highest BCUT2D eigenvalue weighted by atomic mass is 35.5. The highest BCUT2D eigenvalue weighted by Gasteiger charge is 2.26. The molecule has 0 spiro atoms. The minimum atomic E-state index is -0.283. The molecule has 1 aromatic carbocycles. The summed E-state index contributed by atoms with van der Waals surface area (Å²) >= 11 is 5.64. The van der Waals surface area contributed by atoms with Crippen LogP contribution in [0.25, 0.3) is 0 Å². The van der Waals surface area contributed by atoms with Gasteiger partial charge < -0.3 is 10.6 Å². The highest BCUT2D eigenvalue weighted by molar-refractivity contribution is 6.29. The zero-order chi connectivity index (χ0) is 13.2. The number of nitrogens with zero attached hydrogens (tertiary/aromatic N) is 2. The van der Waals surface area contributed by atoms with Gasteiger partial charge in [0.15, 0.2) is 11.0 Å². The predicted molar refractivity (Wildman–Crippen MR) is 73.2 cm³/mol. The van der Waals surface area contributed by atoms with Gasteiger partial charge in [-0.3, -0.25) is 4.79 Å². The van der Waals surface area contributed by atoms with Crippen molar-refractivity contribution in [2.75, 3.05) is 10.6 Å². The van der Waals surface area contributed by atoms with Gasteiger partial charge in [-0.1, -0.05) is 29.8 Å². The second-order valence-electron chi connectivity index (χ2n) is 4.29. The number of anilines is 2. The largest absolute Gasteiger partial charge is 0.373 e. The van der Waals surface area contributed by atoms with Crippen molar-refractivity contribution in [3.63, 3.8) is 0 Å². The van der Waals surface area contributed by atoms with Crippen molar-refractivity contribution in [3.05, 3.63) is 47.1 Å². The smallest absolute Gasteiger partial charge is 0.248 e. The van der Waals surface area contributed by atoms with Crippen molar-refractivity contribution in [2.45, 2.75) is 12.5 Å². The fourth-order valence-corrected chi connectivity index (χ4v) is 2.15. The Morgan fingerprint density at radius 1 is 1.26 bits per heavy atom. The molecule has 1 aromatic heterocycles. The van der Waals surface area contributed by atoms with Crippen LogP contribution in [0.5, 0.6) is 0 Å². The van der Waals surface area contributed by atoms with Gasteiger partial charge in [-0.2, -0.15) is 0 Å². The van der Waals surface area contributed by atoms with Crippen LogP contribution in [0.15, 0.2) is 36.4 Å². The topological polar surface area (TPSA) is 66.9 Å². The van der Waals surface area contributed by atoms with Crippen LogP contribution in [-0.4, -0.2) is 22.1 Å². The molecule has 0 saturated carbocycles. The van der Waals surface area contributed by atoms with Crippen molar-refractivity contribution in [3.8, 4) is 0 Å². The number of hydrogen-bond acceptors (Lipinski definition) is 4. The lowest BCUT2D eigenvalue weighted by Crippen LogP contribution is -2.33. The first kappa shape index (κ1) is 11.9. The number of amides is 1. The Labute approximate surface area is 115 Å². The van der Waals surface area contributed by atoms with Gasteiger partial charge in [0.05, 0.1) is 0 Å². The zero-order valence-electron chi connectivity index (χ0n) is 9.93. The second kappa shape index (κ2) is 4.85. The molecular weight excluding hydrogens is 264 g/mol. The van der Waals surface area contributed by atoms with Crippen LogP contribution < -0.4 is 10.6 Å². The number of para-hydroxylation sites is 1. The Hall–Kier alpha value is -2.14. The summed E-state index contributed by atoms with van der Waals surface area (Å²) in [7, 11) is 0. The Kier molecular flexibility index (Phi) is 3.05. The minimum absolute atomic E-state index is 0.132. The number of carbonyl (C=O) groups excluding carboxylic acids is 1. The molecule has 96 valence electrons. The van der Waals surface area contributed by atoms with Crippen LogP contribution in [0.4, 0.5) is 11.5 Å². The molecule has 2 heterocycles. The van der Waals surface area contributed by atoms with Crippen molar-refractivity contribution >= 4 is 29.0 Å². The highest BCUT2D eigenvalue weighted by Crippen LogP contribution is 2.25. The molecule has 1 amide bonds. The molecular formula is C13H11ClN4O. The van der Waals surface area contributed by atoms with Gasteiger partial charge in [0.1, 0.15) is 6.04 Å². The van der Waals surface area contributed by atoms with Crippen LogP contribution >= 0.6 is 11.6 Å². The Bertz CT molecular complexity index is 589. The zero-order valence-corrected chi connectivity index (χ0v) is 10.7. The monoisotopic (exact) mass is 274 g/mol. The van der Waals surface area contributed by atoms with Gasteiger partial charge in [-0.05, 0) is 23.8 Å². The summed E-state index contributed by atoms with van der Waals surface area (Å²) in [6.07, 6.45) is 0.670. The molecule has 0 aliphatic carbocycles. The average Bonchev–Trinajstić information content (AvgIpc) is 2.85. The van der Waals surface area contributed by atoms with E-state index in [-0.39, 0.29) is 11.9 Å². The Morgan fingerprint density at radius 2 is 2.11 bits per heavy atom. The summed E-state index contributed by atoms with van der Waals surface area (Å²) < 4.78 is 0. The molecule has 19 heavy (non-hydrogen) atoms. The van der Waals surface area contributed by atoms with Crippen LogP contribution in [0, 0.1) is 0 Å². The van der Waals surface area contributed by atoms with Gasteiger partial charge in [0.25, 0.3) is 0 Å². The van der Waals surface area contributed by atoms with Crippen LogP contribution in [0.3, 0.4) is 0 Å². The maximum Gasteiger partial charge on any atom is 0.248 e. The number of rotatable bonds is 2. The van der Waals surface area contributed by atoms with Crippen LogP contribution in [-0.2, 0) is 11.2 Å². The molecule has 0 saturated heterocycles. The number of aromatic nitrogens is 2. The quantitative estimate of drug-likeness (QED) is 0.880. The third-order valence-corrected chi connectivity index (χ3v) is 3.17. The standard InChI is InChI=1S/C13H11ClN4O/c14-11-5-6-12(18-17-11)16-13(19)10-7-8-3-1-2-4-9(8)15-10/h1-6,10,15H,7H2,(H,16,18,19)/t10-/m0/s1. The van der Waals surface area contributed by atoms with E-state index < -0.39 is 0 Å². The summed E-state index contributed by atoms with van der Waals surface area (Å²) in [6.45, 7) is 0. The predicted octanol–water partition coefficient (Wildman–Crippen LogP) is 2.11. The van der Waals surface area contributed by atoms with E-state index in [1.807, 2.05) is 24.3 Å². The van der Waals surface area contributed by atoms with E-state index in [0.29, 0.717) is 17.4 Å². The first-order chi connectivity index (χ1) is 9.22. The Balaban J connectivity index is 1.68. The molecule has 0 bridgehead atoms. The molecule has 0 unspecified atom stereocenters. The number of hydrogen-bond donors (Lipinski definition) is 2. The van der Waals surface area contributed by atoms with E-state index in [2.05, 4.69) is 20.8 Å². The van der Waals surface area contributed by atoms with E-state index in [0.717, 1.165) is 11.3 Å². The lowest BCUT2D eigenvalue weighted by atomic mass is 10.1. The number of halogens is 1. The Morgan fingerprint density at radius 3 is 2.84 bits per heavy atom. The van der Waals surface area contributed by atoms with Crippen molar-refractivity contribution < 1.29 is 4.79 Å². The molecule has 2 aromatic rings. The third kappa shape index (κ3) is 2.51. The molecule has 1 atom stereocenters. The molecule has 6 heteroatoms. The summed E-state index contributed by atoms with van der Waals surface area (Å²) in [6, 6.07) is 10.8. The van der Waals surface area contributed by atoms with E-state index in [9.17, 15) is 4.79 Å². The normalized spacial score (nSPS) is 16.6. The average molecular weight is 275 g/mol. The van der Waals surface area contributed by atoms with Gasteiger partial charge in [-0.15, -0.1) is 10.2 Å². The molecule has 3 rings (SSSR count). The first-order valence-corrected chi connectivity index (χ1v) is 6.25. The SMILES string of the molecule is O=C(Nc1ccc(Cl)nn1)[C@@H]1Cc2ccccc2N1.